The molecule has 1 rings (SSSR count). The van der Waals surface area contributed by atoms with Crippen LogP contribution in [0.5, 0.6) is 5.75 Å². The van der Waals surface area contributed by atoms with Gasteiger partial charge < -0.3 is 30.1 Å². The van der Waals surface area contributed by atoms with Gasteiger partial charge in [-0.25, -0.2) is 9.59 Å². The number of methoxy groups -OCH3 is 1. The third kappa shape index (κ3) is 5.71. The van der Waals surface area contributed by atoms with Crippen molar-refractivity contribution in [2.45, 2.75) is 38.6 Å². The first-order valence-electron chi connectivity index (χ1n) is 7.29. The lowest BCUT2D eigenvalue weighted by molar-refractivity contribution is 0.0118. The van der Waals surface area contributed by atoms with Crippen molar-refractivity contribution in [2.24, 2.45) is 0 Å². The zero-order chi connectivity index (χ0) is 18.5. The fraction of sp³-hybridized carbons (Fsp3) is 0.500. The minimum atomic E-state index is -1.45. The molecule has 1 aromatic rings. The summed E-state index contributed by atoms with van der Waals surface area (Å²) in [5.74, 6) is -0.948. The second kappa shape index (κ2) is 7.98. The molecule has 0 aliphatic heterocycles. The number of alkyl carbamates (subject to hydrolysis) is 1. The highest BCUT2D eigenvalue weighted by atomic mass is 16.6. The van der Waals surface area contributed by atoms with Crippen LogP contribution in [0.1, 0.15) is 42.8 Å². The van der Waals surface area contributed by atoms with E-state index in [4.69, 9.17) is 14.6 Å². The zero-order valence-corrected chi connectivity index (χ0v) is 14.1. The molecule has 0 fully saturated rings. The Morgan fingerprint density at radius 1 is 1.25 bits per heavy atom. The van der Waals surface area contributed by atoms with Gasteiger partial charge in [-0.05, 0) is 39.0 Å². The van der Waals surface area contributed by atoms with Crippen LogP contribution >= 0.6 is 0 Å². The van der Waals surface area contributed by atoms with Gasteiger partial charge in [-0.3, -0.25) is 0 Å². The second-order valence-corrected chi connectivity index (χ2v) is 6.16. The van der Waals surface area contributed by atoms with Gasteiger partial charge in [0.1, 0.15) is 23.6 Å². The van der Waals surface area contributed by atoms with Crippen molar-refractivity contribution in [3.8, 4) is 5.75 Å². The molecule has 2 atom stereocenters. The Kier molecular flexibility index (Phi) is 6.56. The maximum atomic E-state index is 11.6. The summed E-state index contributed by atoms with van der Waals surface area (Å²) < 4.78 is 10.1. The number of benzene rings is 1. The first-order chi connectivity index (χ1) is 11.0. The summed E-state index contributed by atoms with van der Waals surface area (Å²) in [5, 5.41) is 31.6. The Labute approximate surface area is 140 Å². The highest BCUT2D eigenvalue weighted by Gasteiger charge is 2.25. The molecule has 0 saturated heterocycles. The van der Waals surface area contributed by atoms with Gasteiger partial charge >= 0.3 is 12.1 Å². The van der Waals surface area contributed by atoms with Crippen LogP contribution in [0.2, 0.25) is 0 Å². The number of ether oxygens (including phenoxy) is 2. The Morgan fingerprint density at radius 2 is 1.88 bits per heavy atom. The normalized spacial score (nSPS) is 13.8. The molecule has 2 unspecified atom stereocenters. The fourth-order valence-electron chi connectivity index (χ4n) is 1.92. The summed E-state index contributed by atoms with van der Waals surface area (Å²) in [6, 6.07) is 3.92. The number of aliphatic hydroxyl groups excluding tert-OH is 2. The molecule has 24 heavy (non-hydrogen) atoms. The maximum absolute atomic E-state index is 11.6. The van der Waals surface area contributed by atoms with Crippen molar-refractivity contribution in [1.29, 1.82) is 0 Å². The molecule has 8 nitrogen and oxygen atoms in total. The first kappa shape index (κ1) is 19.7. The minimum Gasteiger partial charge on any atom is -0.496 e. The minimum absolute atomic E-state index is 0.0582. The number of aliphatic hydroxyl groups is 2. The molecule has 8 heteroatoms. The highest BCUT2D eigenvalue weighted by molar-refractivity contribution is 5.88. The highest BCUT2D eigenvalue weighted by Crippen LogP contribution is 2.28. The number of hydrogen-bond acceptors (Lipinski definition) is 6. The standard InChI is InChI=1S/C16H23NO7/c1-16(2,3)24-15(22)17-8-11(18)13(19)10-7-9(14(20)21)5-6-12(10)23-4/h5-7,11,13,18-19H,8H2,1-4H3,(H,17,22)(H,20,21). The number of carboxylic acid groups (broad SMARTS) is 1. The summed E-state index contributed by atoms with van der Waals surface area (Å²) in [6.45, 7) is 4.80. The van der Waals surface area contributed by atoms with E-state index in [1.54, 1.807) is 20.8 Å². The summed E-state index contributed by atoms with van der Waals surface area (Å²) >= 11 is 0. The number of aromatic carboxylic acids is 1. The van der Waals surface area contributed by atoms with E-state index in [1.165, 1.54) is 25.3 Å². The summed E-state index contributed by atoms with van der Waals surface area (Å²) in [4.78, 5) is 22.6. The van der Waals surface area contributed by atoms with E-state index in [2.05, 4.69) is 5.32 Å². The number of amides is 1. The molecule has 4 N–H and O–H groups in total. The van der Waals surface area contributed by atoms with Crippen molar-refractivity contribution >= 4 is 12.1 Å². The molecule has 134 valence electrons. The SMILES string of the molecule is COc1ccc(C(=O)O)cc1C(O)C(O)CNC(=O)OC(C)(C)C. The molecule has 0 radical (unpaired) electrons. The Morgan fingerprint density at radius 3 is 2.38 bits per heavy atom. The van der Waals surface area contributed by atoms with Crippen LogP contribution in [0.25, 0.3) is 0 Å². The van der Waals surface area contributed by atoms with Gasteiger partial charge in [0, 0.05) is 12.1 Å². The van der Waals surface area contributed by atoms with Crippen LogP contribution in [-0.4, -0.2) is 52.7 Å². The lowest BCUT2D eigenvalue weighted by Gasteiger charge is -2.23. The second-order valence-electron chi connectivity index (χ2n) is 6.16. The van der Waals surface area contributed by atoms with Crippen LogP contribution in [0.4, 0.5) is 4.79 Å². The number of rotatable bonds is 6. The van der Waals surface area contributed by atoms with E-state index in [9.17, 15) is 19.8 Å². The topological polar surface area (TPSA) is 125 Å². The van der Waals surface area contributed by atoms with E-state index in [0.717, 1.165) is 0 Å². The van der Waals surface area contributed by atoms with Gasteiger partial charge in [-0.15, -0.1) is 0 Å². The smallest absolute Gasteiger partial charge is 0.407 e. The van der Waals surface area contributed by atoms with Gasteiger partial charge in [0.25, 0.3) is 0 Å². The van der Waals surface area contributed by atoms with Gasteiger partial charge in [-0.2, -0.15) is 0 Å². The number of carboxylic acids is 1. The molecular weight excluding hydrogens is 318 g/mol. The number of nitrogens with one attached hydrogen (secondary N) is 1. The lowest BCUT2D eigenvalue weighted by Crippen LogP contribution is -2.39. The van der Waals surface area contributed by atoms with E-state index >= 15 is 0 Å². The van der Waals surface area contributed by atoms with Crippen LogP contribution < -0.4 is 10.1 Å². The first-order valence-corrected chi connectivity index (χ1v) is 7.29. The maximum Gasteiger partial charge on any atom is 0.407 e. The van der Waals surface area contributed by atoms with Crippen molar-refractivity contribution in [3.05, 3.63) is 29.3 Å². The molecule has 0 aliphatic rings. The molecule has 1 aromatic carbocycles. The Hall–Kier alpha value is -2.32. The quantitative estimate of drug-likeness (QED) is 0.615. The molecular formula is C16H23NO7. The van der Waals surface area contributed by atoms with Crippen molar-refractivity contribution in [1.82, 2.24) is 5.32 Å². The summed E-state index contributed by atoms with van der Waals surface area (Å²) in [5.41, 5.74) is -0.639. The predicted octanol–water partition coefficient (Wildman–Crippen LogP) is 1.31. The molecule has 0 aromatic heterocycles. The lowest BCUT2D eigenvalue weighted by atomic mass is 10.0. The van der Waals surface area contributed by atoms with Crippen molar-refractivity contribution in [3.63, 3.8) is 0 Å². The van der Waals surface area contributed by atoms with E-state index in [1.807, 2.05) is 0 Å². The van der Waals surface area contributed by atoms with Crippen molar-refractivity contribution in [2.75, 3.05) is 13.7 Å². The van der Waals surface area contributed by atoms with Crippen LogP contribution in [0.15, 0.2) is 18.2 Å². The zero-order valence-electron chi connectivity index (χ0n) is 14.1. The van der Waals surface area contributed by atoms with Gasteiger partial charge in [0.15, 0.2) is 0 Å². The van der Waals surface area contributed by atoms with Crippen LogP contribution in [-0.2, 0) is 4.74 Å². The van der Waals surface area contributed by atoms with E-state index < -0.39 is 29.9 Å². The molecule has 0 spiro atoms. The van der Waals surface area contributed by atoms with Gasteiger partial charge in [0.05, 0.1) is 12.7 Å². The third-order valence-corrected chi connectivity index (χ3v) is 3.01. The molecule has 0 bridgehead atoms. The van der Waals surface area contributed by atoms with Crippen LogP contribution in [0, 0.1) is 0 Å². The average Bonchev–Trinajstić information content (AvgIpc) is 2.49. The molecule has 0 aliphatic carbocycles. The van der Waals surface area contributed by atoms with Crippen LogP contribution in [0.3, 0.4) is 0 Å². The largest absolute Gasteiger partial charge is 0.496 e. The molecule has 0 saturated carbocycles. The summed E-state index contributed by atoms with van der Waals surface area (Å²) in [7, 11) is 1.36. The number of carbonyl (C=O) groups excluding carboxylic acids is 1. The number of carbonyl (C=O) groups is 2. The Balaban J connectivity index is 2.81. The van der Waals surface area contributed by atoms with Gasteiger partial charge in [0.2, 0.25) is 0 Å². The fourth-order valence-corrected chi connectivity index (χ4v) is 1.92. The van der Waals surface area contributed by atoms with Gasteiger partial charge in [-0.1, -0.05) is 0 Å². The third-order valence-electron chi connectivity index (χ3n) is 3.01. The monoisotopic (exact) mass is 341 g/mol. The Bertz CT molecular complexity index is 595. The van der Waals surface area contributed by atoms with Crippen molar-refractivity contribution < 1.29 is 34.4 Å². The summed E-state index contributed by atoms with van der Waals surface area (Å²) in [6.07, 6.45) is -3.57. The molecule has 0 heterocycles. The average molecular weight is 341 g/mol. The van der Waals surface area contributed by atoms with E-state index in [-0.39, 0.29) is 23.4 Å². The number of hydrogen-bond donors (Lipinski definition) is 4. The van der Waals surface area contributed by atoms with E-state index in [0.29, 0.717) is 0 Å². The molecule has 1 amide bonds. The predicted molar refractivity (Wildman–Crippen MR) is 85.2 cm³/mol.